The van der Waals surface area contributed by atoms with Crippen molar-refractivity contribution in [3.8, 4) is 0 Å². The van der Waals surface area contributed by atoms with Gasteiger partial charge in [-0.3, -0.25) is 0 Å². The van der Waals surface area contributed by atoms with E-state index < -0.39 is 15.8 Å². The van der Waals surface area contributed by atoms with E-state index in [-0.39, 0.29) is 11.8 Å². The average Bonchev–Trinajstić information content (AvgIpc) is 2.54. The molecule has 0 aliphatic heterocycles. The van der Waals surface area contributed by atoms with Gasteiger partial charge < -0.3 is 0 Å². The number of hydrogen-bond donors (Lipinski definition) is 2. The van der Waals surface area contributed by atoms with Gasteiger partial charge in [0.2, 0.25) is 0 Å². The minimum atomic E-state index is -0.776. The van der Waals surface area contributed by atoms with Gasteiger partial charge in [-0.1, -0.05) is 0 Å². The summed E-state index contributed by atoms with van der Waals surface area (Å²) in [5.74, 6) is -0.281. The molecular weight excluding hydrogens is 503 g/mol. The Balaban J connectivity index is 2.09. The number of rotatable bonds is 6. The zero-order valence-corrected chi connectivity index (χ0v) is 17.9. The monoisotopic (exact) mass is 519 g/mol. The Morgan fingerprint density at radius 2 is 1.96 bits per heavy atom. The molecule has 0 saturated carbocycles. The van der Waals surface area contributed by atoms with Crippen LogP contribution in [-0.2, 0) is 4.79 Å². The molecule has 2 rings (SSSR count). The van der Waals surface area contributed by atoms with Gasteiger partial charge in [0.25, 0.3) is 0 Å². The fourth-order valence-corrected chi connectivity index (χ4v) is 5.39. The normalized spacial score (nSPS) is 10.8. The van der Waals surface area contributed by atoms with Crippen LogP contribution >= 0.6 is 34.2 Å². The second-order valence-corrected chi connectivity index (χ2v) is 9.35. The van der Waals surface area contributed by atoms with E-state index in [1.165, 1.54) is 6.92 Å². The van der Waals surface area contributed by atoms with Crippen LogP contribution in [0.3, 0.4) is 0 Å². The number of carbonyl (C=O) groups is 2. The summed E-state index contributed by atoms with van der Waals surface area (Å²) in [6.45, 7) is 2.23. The van der Waals surface area contributed by atoms with Crippen molar-refractivity contribution in [2.45, 2.75) is 6.92 Å². The summed E-state index contributed by atoms with van der Waals surface area (Å²) in [6.07, 6.45) is 3.34. The molecule has 0 aliphatic carbocycles. The van der Waals surface area contributed by atoms with Gasteiger partial charge in [-0.25, -0.2) is 0 Å². The molecule has 1 unspecified atom stereocenters. The molecule has 1 heterocycles. The molecule has 24 heavy (non-hydrogen) atoms. The topological polar surface area (TPSA) is 71.1 Å². The number of carbonyl (C=O) groups excluding carboxylic acids is 2. The predicted octanol–water partition coefficient (Wildman–Crippen LogP) is 0.593. The molecule has 1 atom stereocenters. The zero-order chi connectivity index (χ0) is 17.5. The maximum atomic E-state index is 12.4. The molecule has 1 aromatic carbocycles. The first kappa shape index (κ1) is 19.2. The van der Waals surface area contributed by atoms with Crippen molar-refractivity contribution >= 4 is 70.5 Å². The average molecular weight is 520 g/mol. The van der Waals surface area contributed by atoms with Crippen LogP contribution in [0.4, 0.5) is 0 Å². The fraction of sp³-hybridized carbons (Fsp3) is 0.188. The number of hydrogen-bond acceptors (Lipinski definition) is 3. The summed E-state index contributed by atoms with van der Waals surface area (Å²) in [7, 11) is 0. The summed E-state index contributed by atoms with van der Waals surface area (Å²) in [5.41, 5.74) is 0.613. The predicted molar refractivity (Wildman–Crippen MR) is 106 cm³/mol. The first-order valence-corrected chi connectivity index (χ1v) is 10.7. The Morgan fingerprint density at radius 1 is 1.21 bits per heavy atom. The standard InChI is InChI=1S/C16H16AsClIN3O2/c1-10(23)21-6-7-22-16(24)12-4-5-20-9-14(12)17-13-3-2-11(19)8-15(13)18/h2-5,8-9,17H,6-7H2,1H3,(H,21,23)(H,22,24). The van der Waals surface area contributed by atoms with Crippen LogP contribution in [0.1, 0.15) is 17.3 Å². The van der Waals surface area contributed by atoms with Crippen molar-refractivity contribution < 1.29 is 9.59 Å². The van der Waals surface area contributed by atoms with Gasteiger partial charge in [-0.15, -0.1) is 0 Å². The molecule has 0 radical (unpaired) electrons. The minimum absolute atomic E-state index is 0.117. The number of nitrogens with one attached hydrogen (secondary N) is 2. The number of aromatic nitrogens is 1. The van der Waals surface area contributed by atoms with Gasteiger partial charge >= 0.3 is 166 Å². The van der Waals surface area contributed by atoms with Crippen molar-refractivity contribution in [1.29, 1.82) is 0 Å². The number of benzene rings is 1. The first-order chi connectivity index (χ1) is 11.5. The van der Waals surface area contributed by atoms with E-state index in [1.807, 2.05) is 18.2 Å². The van der Waals surface area contributed by atoms with E-state index in [1.54, 1.807) is 18.5 Å². The molecule has 2 N–H and O–H groups in total. The van der Waals surface area contributed by atoms with Gasteiger partial charge in [-0.2, -0.15) is 0 Å². The molecule has 126 valence electrons. The molecule has 1 aromatic heterocycles. The molecule has 0 saturated heterocycles. The Labute approximate surface area is 165 Å². The van der Waals surface area contributed by atoms with Crippen LogP contribution in [-0.4, -0.2) is 45.6 Å². The molecule has 5 nitrogen and oxygen atoms in total. The summed E-state index contributed by atoms with van der Waals surface area (Å²) in [5, 5.41) is 6.18. The SMILES string of the molecule is CC(=O)NCCNC(=O)c1ccncc1[AsH]c1ccc(I)cc1Cl. The molecule has 0 aliphatic rings. The Bertz CT molecular complexity index is 758. The van der Waals surface area contributed by atoms with Crippen LogP contribution in [0.2, 0.25) is 5.02 Å². The maximum absolute atomic E-state index is 12.4. The van der Waals surface area contributed by atoms with E-state index in [0.717, 1.165) is 17.3 Å². The van der Waals surface area contributed by atoms with Gasteiger partial charge in [-0.05, 0) is 0 Å². The van der Waals surface area contributed by atoms with E-state index in [0.29, 0.717) is 18.7 Å². The van der Waals surface area contributed by atoms with Gasteiger partial charge in [0.15, 0.2) is 0 Å². The van der Waals surface area contributed by atoms with E-state index >= 15 is 0 Å². The molecule has 2 aromatic rings. The Morgan fingerprint density at radius 3 is 2.67 bits per heavy atom. The second kappa shape index (κ2) is 9.39. The van der Waals surface area contributed by atoms with Crippen molar-refractivity contribution in [3.63, 3.8) is 0 Å². The Kier molecular flexibility index (Phi) is 7.52. The molecule has 2 amide bonds. The summed E-state index contributed by atoms with van der Waals surface area (Å²) in [4.78, 5) is 27.3. The molecular formula is C16H16AsClIN3O2. The number of nitrogens with zero attached hydrogens (tertiary/aromatic N) is 1. The van der Waals surface area contributed by atoms with Crippen molar-refractivity contribution in [3.05, 3.63) is 50.8 Å². The summed E-state index contributed by atoms with van der Waals surface area (Å²) >= 11 is 7.75. The Hall–Kier alpha value is -1.11. The molecule has 8 heteroatoms. The van der Waals surface area contributed by atoms with Crippen LogP contribution < -0.4 is 19.3 Å². The quantitative estimate of drug-likeness (QED) is 0.334. The van der Waals surface area contributed by atoms with Crippen LogP contribution in [0.25, 0.3) is 0 Å². The van der Waals surface area contributed by atoms with Crippen LogP contribution in [0.15, 0.2) is 36.7 Å². The number of amides is 2. The van der Waals surface area contributed by atoms with Crippen LogP contribution in [0.5, 0.6) is 0 Å². The van der Waals surface area contributed by atoms with Gasteiger partial charge in [0.1, 0.15) is 0 Å². The van der Waals surface area contributed by atoms with E-state index in [2.05, 4.69) is 38.2 Å². The fourth-order valence-electron chi connectivity index (χ4n) is 1.94. The van der Waals surface area contributed by atoms with Gasteiger partial charge in [0.05, 0.1) is 0 Å². The first-order valence-electron chi connectivity index (χ1n) is 7.16. The van der Waals surface area contributed by atoms with E-state index in [9.17, 15) is 9.59 Å². The third-order valence-corrected chi connectivity index (χ3v) is 7.25. The van der Waals surface area contributed by atoms with Crippen molar-refractivity contribution in [1.82, 2.24) is 15.6 Å². The van der Waals surface area contributed by atoms with Crippen molar-refractivity contribution in [2.24, 2.45) is 0 Å². The van der Waals surface area contributed by atoms with E-state index in [4.69, 9.17) is 11.6 Å². The number of halogens is 2. The molecule has 0 spiro atoms. The number of pyridine rings is 1. The summed E-state index contributed by atoms with van der Waals surface area (Å²) in [6, 6.07) is 7.65. The zero-order valence-electron chi connectivity index (χ0n) is 12.9. The third-order valence-electron chi connectivity index (χ3n) is 3.05. The van der Waals surface area contributed by atoms with Gasteiger partial charge in [0, 0.05) is 0 Å². The third kappa shape index (κ3) is 5.76. The second-order valence-electron chi connectivity index (χ2n) is 4.91. The molecule has 0 bridgehead atoms. The molecule has 0 fully saturated rings. The summed E-state index contributed by atoms with van der Waals surface area (Å²) < 4.78 is 3.07. The van der Waals surface area contributed by atoms with Crippen molar-refractivity contribution in [2.75, 3.05) is 13.1 Å². The van der Waals surface area contributed by atoms with Crippen LogP contribution in [0, 0.1) is 3.57 Å².